The van der Waals surface area contributed by atoms with Crippen molar-refractivity contribution in [3.8, 4) is 5.88 Å². The van der Waals surface area contributed by atoms with Gasteiger partial charge in [0.2, 0.25) is 5.88 Å². The van der Waals surface area contributed by atoms with E-state index in [2.05, 4.69) is 4.98 Å². The second-order valence-corrected chi connectivity index (χ2v) is 4.50. The van der Waals surface area contributed by atoms with Gasteiger partial charge in [-0.3, -0.25) is 3.97 Å². The summed E-state index contributed by atoms with van der Waals surface area (Å²) in [6, 6.07) is 1.93. The molecule has 84 valence electrons. The van der Waals surface area contributed by atoms with Crippen LogP contribution in [0.5, 0.6) is 5.88 Å². The van der Waals surface area contributed by atoms with Crippen LogP contribution in [0, 0.1) is 0 Å². The molecular weight excluding hydrogens is 227 g/mol. The molecule has 0 spiro atoms. The summed E-state index contributed by atoms with van der Waals surface area (Å²) < 4.78 is 19.4. The summed E-state index contributed by atoms with van der Waals surface area (Å²) in [5, 5.41) is 1.06. The van der Waals surface area contributed by atoms with Gasteiger partial charge in [0.1, 0.15) is 5.52 Å². The highest BCUT2D eigenvalue weighted by Gasteiger charge is 2.27. The van der Waals surface area contributed by atoms with E-state index in [0.29, 0.717) is 11.8 Å². The second kappa shape index (κ2) is 3.66. The number of methoxy groups -OCH3 is 1. The van der Waals surface area contributed by atoms with Crippen LogP contribution < -0.4 is 4.74 Å². The van der Waals surface area contributed by atoms with Crippen molar-refractivity contribution >= 4 is 23.2 Å². The zero-order valence-electron chi connectivity index (χ0n) is 8.81. The van der Waals surface area contributed by atoms with Gasteiger partial charge in [0.05, 0.1) is 7.11 Å². The van der Waals surface area contributed by atoms with Crippen molar-refractivity contribution in [3.05, 3.63) is 24.0 Å². The van der Waals surface area contributed by atoms with Gasteiger partial charge in [-0.1, -0.05) is 0 Å². The third-order valence-corrected chi connectivity index (χ3v) is 3.42. The van der Waals surface area contributed by atoms with E-state index in [4.69, 9.17) is 4.74 Å². The Balaban J connectivity index is 2.28. The molecule has 1 fully saturated rings. The van der Waals surface area contributed by atoms with Crippen molar-refractivity contribution in [2.45, 2.75) is 18.8 Å². The maximum Gasteiger partial charge on any atom is 0.239 e. The molecule has 2 aromatic heterocycles. The Kier molecular flexibility index (Phi) is 2.28. The van der Waals surface area contributed by atoms with E-state index in [9.17, 15) is 3.89 Å². The maximum atomic E-state index is 12.7. The molecule has 1 aliphatic rings. The van der Waals surface area contributed by atoms with Crippen LogP contribution in [0.2, 0.25) is 0 Å². The fraction of sp³-hybridized carbons (Fsp3) is 0.364. The number of hydrogen-bond donors (Lipinski definition) is 0. The summed E-state index contributed by atoms with van der Waals surface area (Å²) in [7, 11) is 1.55. The zero-order chi connectivity index (χ0) is 11.1. The molecule has 3 rings (SSSR count). The predicted octanol–water partition coefficient (Wildman–Crippen LogP) is 3.30. The molecule has 0 radical (unpaired) electrons. The topological polar surface area (TPSA) is 27.1 Å². The normalized spacial score (nSPS) is 15.6. The zero-order valence-corrected chi connectivity index (χ0v) is 9.63. The van der Waals surface area contributed by atoms with E-state index in [0.717, 1.165) is 10.9 Å². The Labute approximate surface area is 97.0 Å². The van der Waals surface area contributed by atoms with Gasteiger partial charge in [-0.25, -0.2) is 4.98 Å². The molecule has 5 heteroatoms. The molecule has 0 atom stereocenters. The molecule has 0 bridgehead atoms. The van der Waals surface area contributed by atoms with E-state index in [1.54, 1.807) is 13.3 Å². The van der Waals surface area contributed by atoms with Crippen LogP contribution in [-0.4, -0.2) is 16.1 Å². The summed E-state index contributed by atoms with van der Waals surface area (Å²) in [5.41, 5.74) is 1.95. The predicted molar refractivity (Wildman–Crippen MR) is 62.4 cm³/mol. The van der Waals surface area contributed by atoms with Crippen molar-refractivity contribution in [1.29, 1.82) is 0 Å². The van der Waals surface area contributed by atoms with Crippen molar-refractivity contribution < 1.29 is 8.62 Å². The molecular formula is C11H11FN2OS. The van der Waals surface area contributed by atoms with E-state index in [1.165, 1.54) is 22.4 Å². The summed E-state index contributed by atoms with van der Waals surface area (Å²) >= 11 is 0.172. The summed E-state index contributed by atoms with van der Waals surface area (Å²) in [6.45, 7) is 0. The quantitative estimate of drug-likeness (QED) is 0.821. The lowest BCUT2D eigenvalue weighted by molar-refractivity contribution is 0.402. The van der Waals surface area contributed by atoms with Crippen LogP contribution in [0.15, 0.2) is 18.5 Å². The van der Waals surface area contributed by atoms with Crippen molar-refractivity contribution in [2.24, 2.45) is 0 Å². The molecule has 2 aromatic rings. The minimum atomic E-state index is 0.172. The average molecular weight is 238 g/mol. The number of pyridine rings is 1. The Morgan fingerprint density at radius 2 is 2.38 bits per heavy atom. The number of nitrogens with zero attached hydrogens (tertiary/aromatic N) is 2. The lowest BCUT2D eigenvalue weighted by Gasteiger charge is -2.06. The molecule has 3 nitrogen and oxygen atoms in total. The van der Waals surface area contributed by atoms with E-state index in [-0.39, 0.29) is 12.3 Å². The van der Waals surface area contributed by atoms with Crippen molar-refractivity contribution in [3.63, 3.8) is 0 Å². The van der Waals surface area contributed by atoms with E-state index >= 15 is 0 Å². The first-order valence-electron chi connectivity index (χ1n) is 5.18. The molecule has 0 unspecified atom stereocenters. The molecule has 0 amide bonds. The molecule has 0 aliphatic heterocycles. The molecule has 16 heavy (non-hydrogen) atoms. The molecule has 0 aromatic carbocycles. The number of aromatic nitrogens is 2. The highest BCUT2D eigenvalue weighted by atomic mass is 32.2. The van der Waals surface area contributed by atoms with Crippen LogP contribution in [0.1, 0.15) is 24.3 Å². The van der Waals surface area contributed by atoms with Gasteiger partial charge in [-0.05, 0) is 30.4 Å². The number of halogens is 1. The van der Waals surface area contributed by atoms with E-state index in [1.807, 2.05) is 12.3 Å². The van der Waals surface area contributed by atoms with Gasteiger partial charge in [0, 0.05) is 17.8 Å². The molecule has 0 N–H and O–H groups in total. The fourth-order valence-corrected chi connectivity index (χ4v) is 2.39. The van der Waals surface area contributed by atoms with Gasteiger partial charge in [-0.15, -0.1) is 3.89 Å². The lowest BCUT2D eigenvalue weighted by Crippen LogP contribution is -1.94. The smallest absolute Gasteiger partial charge is 0.239 e. The van der Waals surface area contributed by atoms with E-state index < -0.39 is 0 Å². The minimum absolute atomic E-state index is 0.172. The van der Waals surface area contributed by atoms with Crippen LogP contribution in [0.3, 0.4) is 0 Å². The first-order valence-corrected chi connectivity index (χ1v) is 5.85. The largest absolute Gasteiger partial charge is 0.479 e. The Morgan fingerprint density at radius 1 is 1.56 bits per heavy atom. The summed E-state index contributed by atoms with van der Waals surface area (Å²) in [6.07, 6.45) is 5.98. The molecule has 2 heterocycles. The Morgan fingerprint density at radius 3 is 3.00 bits per heavy atom. The summed E-state index contributed by atoms with van der Waals surface area (Å²) in [4.78, 5) is 4.24. The number of ether oxygens (including phenoxy) is 1. The fourth-order valence-electron chi connectivity index (χ4n) is 2.04. The monoisotopic (exact) mass is 238 g/mol. The molecule has 0 saturated heterocycles. The number of rotatable bonds is 3. The van der Waals surface area contributed by atoms with Gasteiger partial charge in [0.25, 0.3) is 0 Å². The number of hydrogen-bond acceptors (Lipinski definition) is 3. The van der Waals surface area contributed by atoms with Crippen LogP contribution in [0.4, 0.5) is 3.89 Å². The maximum absolute atomic E-state index is 12.7. The standard InChI is InChI=1S/C11H11FN2OS/c1-15-11-10-8(4-5-14(10)16-12)9(6-13-11)7-2-3-7/h4-7H,2-3H2,1H3. The van der Waals surface area contributed by atoms with Gasteiger partial charge >= 0.3 is 0 Å². The van der Waals surface area contributed by atoms with Crippen LogP contribution >= 0.6 is 12.3 Å². The highest BCUT2D eigenvalue weighted by molar-refractivity contribution is 7.92. The van der Waals surface area contributed by atoms with Gasteiger partial charge < -0.3 is 4.74 Å². The lowest BCUT2D eigenvalue weighted by atomic mass is 10.1. The van der Waals surface area contributed by atoms with Crippen LogP contribution in [0.25, 0.3) is 10.9 Å². The molecule has 1 aliphatic carbocycles. The van der Waals surface area contributed by atoms with Crippen molar-refractivity contribution in [2.75, 3.05) is 7.11 Å². The minimum Gasteiger partial charge on any atom is -0.479 e. The SMILES string of the molecule is COc1ncc(C2CC2)c2ccn(SF)c12. The number of fused-ring (bicyclic) bond motifs is 1. The Hall–Kier alpha value is -1.23. The highest BCUT2D eigenvalue weighted by Crippen LogP contribution is 2.44. The van der Waals surface area contributed by atoms with Gasteiger partial charge in [0.15, 0.2) is 12.3 Å². The third-order valence-electron chi connectivity index (χ3n) is 2.97. The van der Waals surface area contributed by atoms with Crippen molar-refractivity contribution in [1.82, 2.24) is 8.96 Å². The second-order valence-electron chi connectivity index (χ2n) is 3.97. The average Bonchev–Trinajstić information content (AvgIpc) is 3.07. The Bertz CT molecular complexity index is 536. The van der Waals surface area contributed by atoms with Crippen LogP contribution in [-0.2, 0) is 0 Å². The van der Waals surface area contributed by atoms with Gasteiger partial charge in [-0.2, -0.15) is 0 Å². The first-order chi connectivity index (χ1) is 7.85. The third kappa shape index (κ3) is 1.38. The summed E-state index contributed by atoms with van der Waals surface area (Å²) in [5.74, 6) is 1.08. The first kappa shape index (κ1) is 9.96. The molecule has 1 saturated carbocycles.